The molecule has 0 unspecified atom stereocenters. The van der Waals surface area contributed by atoms with Crippen molar-refractivity contribution >= 4 is 44.9 Å². The molecule has 282 valence electrons. The number of anilines is 6. The van der Waals surface area contributed by atoms with Crippen LogP contribution in [0.15, 0.2) is 224 Å². The standard InChI is InChI=1S/C55H37N5/c1-6-17-39(18-7-1)53-56-54(40-19-8-2-9-20-40)58-55(57-53)48-34-36-51-52-46(48)27-16-28-47(52)49-37-41(31-35-50(49)60(51)44-25-14-5-15-26-44)38-29-32-45(33-30-38)59(42-21-10-3-11-22-42)43-23-12-4-13-24-43/h1-37H. The second-order valence-electron chi connectivity index (χ2n) is 14.9. The van der Waals surface area contributed by atoms with E-state index in [9.17, 15) is 0 Å². The van der Waals surface area contributed by atoms with Gasteiger partial charge in [-0.1, -0.05) is 152 Å². The highest BCUT2D eigenvalue weighted by Crippen LogP contribution is 2.53. The SMILES string of the molecule is c1ccc(-c2nc(-c3ccccc3)nc(-c3ccc4c5c(cccc35)-c3cc(-c5ccc(N(c6ccccc6)c6ccccc6)cc5)ccc3N4c3ccccc3)n2)cc1. The van der Waals surface area contributed by atoms with Gasteiger partial charge in [0.2, 0.25) is 0 Å². The van der Waals surface area contributed by atoms with Crippen LogP contribution in [-0.4, -0.2) is 15.0 Å². The molecule has 1 aliphatic heterocycles. The quantitative estimate of drug-likeness (QED) is 0.154. The van der Waals surface area contributed by atoms with Gasteiger partial charge < -0.3 is 9.80 Å². The van der Waals surface area contributed by atoms with E-state index >= 15 is 0 Å². The van der Waals surface area contributed by atoms with Crippen molar-refractivity contribution in [2.75, 3.05) is 9.80 Å². The molecule has 5 heteroatoms. The minimum atomic E-state index is 0.636. The molecule has 10 aromatic rings. The van der Waals surface area contributed by atoms with Crippen LogP contribution in [-0.2, 0) is 0 Å². The first kappa shape index (κ1) is 35.0. The lowest BCUT2D eigenvalue weighted by molar-refractivity contribution is 1.08. The fraction of sp³-hybridized carbons (Fsp3) is 0. The maximum absolute atomic E-state index is 5.15. The molecule has 0 saturated carbocycles. The fourth-order valence-corrected chi connectivity index (χ4v) is 8.44. The molecule has 0 spiro atoms. The van der Waals surface area contributed by atoms with Crippen LogP contribution in [0.4, 0.5) is 34.1 Å². The lowest BCUT2D eigenvalue weighted by Gasteiger charge is -2.34. The molecule has 0 amide bonds. The first-order chi connectivity index (χ1) is 29.8. The molecule has 1 aromatic heterocycles. The van der Waals surface area contributed by atoms with Gasteiger partial charge in [0.15, 0.2) is 17.5 Å². The van der Waals surface area contributed by atoms with Crippen LogP contribution >= 0.6 is 0 Å². The Bertz CT molecular complexity index is 3020. The number of hydrogen-bond acceptors (Lipinski definition) is 5. The third-order valence-electron chi connectivity index (χ3n) is 11.2. The largest absolute Gasteiger partial charge is 0.311 e. The van der Waals surface area contributed by atoms with Gasteiger partial charge in [-0.2, -0.15) is 0 Å². The molecule has 60 heavy (non-hydrogen) atoms. The molecule has 0 aliphatic carbocycles. The third kappa shape index (κ3) is 6.26. The highest BCUT2D eigenvalue weighted by Gasteiger charge is 2.28. The zero-order valence-corrected chi connectivity index (χ0v) is 32.6. The van der Waals surface area contributed by atoms with E-state index in [1.54, 1.807) is 0 Å². The minimum absolute atomic E-state index is 0.636. The van der Waals surface area contributed by atoms with Gasteiger partial charge in [0.05, 0.1) is 11.4 Å². The smallest absolute Gasteiger partial charge is 0.164 e. The number of aromatic nitrogens is 3. The van der Waals surface area contributed by atoms with Crippen molar-refractivity contribution in [3.8, 4) is 56.4 Å². The van der Waals surface area contributed by atoms with Crippen LogP contribution in [0.25, 0.3) is 67.2 Å². The van der Waals surface area contributed by atoms with E-state index in [0.717, 1.165) is 78.3 Å². The summed E-state index contributed by atoms with van der Waals surface area (Å²) >= 11 is 0. The zero-order valence-electron chi connectivity index (χ0n) is 32.6. The highest BCUT2D eigenvalue weighted by molar-refractivity contribution is 6.17. The summed E-state index contributed by atoms with van der Waals surface area (Å²) in [5, 5.41) is 2.24. The number of rotatable bonds is 8. The Balaban J connectivity index is 1.07. The van der Waals surface area contributed by atoms with Crippen molar-refractivity contribution in [2.45, 2.75) is 0 Å². The molecule has 11 rings (SSSR count). The van der Waals surface area contributed by atoms with Crippen molar-refractivity contribution in [3.05, 3.63) is 224 Å². The van der Waals surface area contributed by atoms with E-state index in [1.165, 1.54) is 5.56 Å². The minimum Gasteiger partial charge on any atom is -0.311 e. The maximum Gasteiger partial charge on any atom is 0.164 e. The molecule has 0 radical (unpaired) electrons. The lowest BCUT2D eigenvalue weighted by atomic mass is 9.87. The van der Waals surface area contributed by atoms with Gasteiger partial charge in [-0.05, 0) is 94.9 Å². The Morgan fingerprint density at radius 2 is 0.817 bits per heavy atom. The van der Waals surface area contributed by atoms with Crippen LogP contribution < -0.4 is 9.80 Å². The summed E-state index contributed by atoms with van der Waals surface area (Å²) in [6.07, 6.45) is 0. The molecule has 0 atom stereocenters. The Morgan fingerprint density at radius 1 is 0.317 bits per heavy atom. The number of fused-ring (bicyclic) bond motifs is 2. The molecular formula is C55H37N5. The number of nitrogens with zero attached hydrogens (tertiary/aromatic N) is 5. The molecular weight excluding hydrogens is 731 g/mol. The summed E-state index contributed by atoms with van der Waals surface area (Å²) in [7, 11) is 0. The van der Waals surface area contributed by atoms with E-state index in [4.69, 9.17) is 15.0 Å². The number of benzene rings is 9. The summed E-state index contributed by atoms with van der Waals surface area (Å²) < 4.78 is 0. The number of hydrogen-bond donors (Lipinski definition) is 0. The van der Waals surface area contributed by atoms with Gasteiger partial charge in [0.25, 0.3) is 0 Å². The van der Waals surface area contributed by atoms with Crippen molar-refractivity contribution in [3.63, 3.8) is 0 Å². The van der Waals surface area contributed by atoms with Gasteiger partial charge in [-0.3, -0.25) is 0 Å². The second kappa shape index (κ2) is 15.0. The molecule has 0 saturated heterocycles. The third-order valence-corrected chi connectivity index (χ3v) is 11.2. The van der Waals surface area contributed by atoms with Gasteiger partial charge in [0.1, 0.15) is 0 Å². The molecule has 0 fully saturated rings. The molecule has 0 N–H and O–H groups in total. The van der Waals surface area contributed by atoms with E-state index in [-0.39, 0.29) is 0 Å². The zero-order chi connectivity index (χ0) is 39.8. The van der Waals surface area contributed by atoms with Gasteiger partial charge >= 0.3 is 0 Å². The van der Waals surface area contributed by atoms with Gasteiger partial charge in [-0.15, -0.1) is 0 Å². The second-order valence-corrected chi connectivity index (χ2v) is 14.9. The fourth-order valence-electron chi connectivity index (χ4n) is 8.44. The van der Waals surface area contributed by atoms with Crippen LogP contribution in [0.2, 0.25) is 0 Å². The Kier molecular flexibility index (Phi) is 8.75. The monoisotopic (exact) mass is 767 g/mol. The maximum atomic E-state index is 5.15. The predicted octanol–water partition coefficient (Wildman–Crippen LogP) is 14.6. The van der Waals surface area contributed by atoms with Gasteiger partial charge in [-0.25, -0.2) is 15.0 Å². The number of para-hydroxylation sites is 3. The van der Waals surface area contributed by atoms with Crippen molar-refractivity contribution in [1.82, 2.24) is 15.0 Å². The average molecular weight is 768 g/mol. The summed E-state index contributed by atoms with van der Waals surface area (Å²) in [5.41, 5.74) is 14.1. The highest BCUT2D eigenvalue weighted by atomic mass is 15.2. The summed E-state index contributed by atoms with van der Waals surface area (Å²) in [6, 6.07) is 78.8. The van der Waals surface area contributed by atoms with Crippen LogP contribution in [0.1, 0.15) is 0 Å². The van der Waals surface area contributed by atoms with Crippen LogP contribution in [0.3, 0.4) is 0 Å². The van der Waals surface area contributed by atoms with E-state index in [2.05, 4.69) is 174 Å². The Hall–Kier alpha value is -8.15. The van der Waals surface area contributed by atoms with Crippen molar-refractivity contribution < 1.29 is 0 Å². The van der Waals surface area contributed by atoms with E-state index in [0.29, 0.717) is 17.5 Å². The summed E-state index contributed by atoms with van der Waals surface area (Å²) in [4.78, 5) is 19.9. The molecule has 0 bridgehead atoms. The summed E-state index contributed by atoms with van der Waals surface area (Å²) in [6.45, 7) is 0. The van der Waals surface area contributed by atoms with E-state index < -0.39 is 0 Å². The van der Waals surface area contributed by atoms with Crippen LogP contribution in [0, 0.1) is 0 Å². The first-order valence-electron chi connectivity index (χ1n) is 20.2. The molecule has 2 heterocycles. The first-order valence-corrected chi connectivity index (χ1v) is 20.2. The summed E-state index contributed by atoms with van der Waals surface area (Å²) in [5.74, 6) is 1.92. The predicted molar refractivity (Wildman–Crippen MR) is 247 cm³/mol. The Morgan fingerprint density at radius 3 is 1.42 bits per heavy atom. The molecule has 1 aliphatic rings. The van der Waals surface area contributed by atoms with E-state index in [1.807, 2.05) is 60.7 Å². The average Bonchev–Trinajstić information content (AvgIpc) is 3.33. The van der Waals surface area contributed by atoms with Gasteiger partial charge in [0, 0.05) is 50.4 Å². The van der Waals surface area contributed by atoms with Crippen LogP contribution in [0.5, 0.6) is 0 Å². The van der Waals surface area contributed by atoms with Crippen molar-refractivity contribution in [2.24, 2.45) is 0 Å². The lowest BCUT2D eigenvalue weighted by Crippen LogP contribution is -2.15. The topological polar surface area (TPSA) is 45.2 Å². The Labute approximate surface area is 349 Å². The van der Waals surface area contributed by atoms with Crippen molar-refractivity contribution in [1.29, 1.82) is 0 Å². The molecule has 5 nitrogen and oxygen atoms in total. The normalized spacial score (nSPS) is 11.6. The molecule has 9 aromatic carbocycles.